The Bertz CT molecular complexity index is 240. The summed E-state index contributed by atoms with van der Waals surface area (Å²) in [6.07, 6.45) is 3.66. The van der Waals surface area contributed by atoms with Gasteiger partial charge in [-0.15, -0.1) is 0 Å². The van der Waals surface area contributed by atoms with E-state index in [1.165, 1.54) is 0 Å². The van der Waals surface area contributed by atoms with E-state index in [0.29, 0.717) is 0 Å². The fraction of sp³-hybridized carbons (Fsp3) is 0.917. The molecular formula is C12H23NO3. The van der Waals surface area contributed by atoms with Crippen LogP contribution in [0.4, 0.5) is 0 Å². The maximum atomic E-state index is 11.3. The van der Waals surface area contributed by atoms with E-state index < -0.39 is 5.97 Å². The van der Waals surface area contributed by atoms with E-state index in [-0.39, 0.29) is 18.1 Å². The molecule has 1 unspecified atom stereocenters. The minimum atomic E-state index is -0.714. The van der Waals surface area contributed by atoms with Crippen LogP contribution in [0.25, 0.3) is 0 Å². The highest BCUT2D eigenvalue weighted by Gasteiger charge is 2.41. The van der Waals surface area contributed by atoms with Crippen molar-refractivity contribution in [3.05, 3.63) is 0 Å². The Morgan fingerprint density at radius 1 is 1.44 bits per heavy atom. The van der Waals surface area contributed by atoms with Crippen molar-refractivity contribution in [1.82, 2.24) is 4.90 Å². The molecule has 0 aliphatic carbocycles. The predicted octanol–water partition coefficient (Wildman–Crippen LogP) is 1.33. The van der Waals surface area contributed by atoms with E-state index in [0.717, 1.165) is 38.8 Å². The van der Waals surface area contributed by atoms with Crippen LogP contribution in [0.1, 0.15) is 39.5 Å². The molecule has 0 amide bonds. The summed E-state index contributed by atoms with van der Waals surface area (Å²) in [6, 6.07) is -0.375. The number of piperidine rings is 1. The molecule has 2 N–H and O–H groups in total. The largest absolute Gasteiger partial charge is 0.480 e. The summed E-state index contributed by atoms with van der Waals surface area (Å²) in [4.78, 5) is 13.4. The van der Waals surface area contributed by atoms with Gasteiger partial charge in [0.25, 0.3) is 0 Å². The second-order valence-electron chi connectivity index (χ2n) is 5.30. The Hall–Kier alpha value is -0.610. The topological polar surface area (TPSA) is 60.8 Å². The Morgan fingerprint density at radius 2 is 2.12 bits per heavy atom. The Morgan fingerprint density at radius 3 is 2.69 bits per heavy atom. The minimum Gasteiger partial charge on any atom is -0.480 e. The number of carboxylic acid groups (broad SMARTS) is 1. The zero-order valence-corrected chi connectivity index (χ0v) is 10.3. The van der Waals surface area contributed by atoms with Crippen molar-refractivity contribution in [3.8, 4) is 0 Å². The van der Waals surface area contributed by atoms with Gasteiger partial charge in [0.15, 0.2) is 0 Å². The van der Waals surface area contributed by atoms with Crippen LogP contribution in [0.2, 0.25) is 0 Å². The van der Waals surface area contributed by atoms with Gasteiger partial charge >= 0.3 is 5.97 Å². The third-order valence-corrected chi connectivity index (χ3v) is 3.46. The molecule has 0 aromatic rings. The third-order valence-electron chi connectivity index (χ3n) is 3.46. The molecule has 1 rings (SSSR count). The van der Waals surface area contributed by atoms with Gasteiger partial charge in [-0.25, -0.2) is 0 Å². The summed E-state index contributed by atoms with van der Waals surface area (Å²) in [5.74, 6) is -0.714. The number of likely N-dealkylation sites (tertiary alicyclic amines) is 1. The maximum absolute atomic E-state index is 11.3. The number of hydrogen-bond acceptors (Lipinski definition) is 3. The quantitative estimate of drug-likeness (QED) is 0.698. The summed E-state index contributed by atoms with van der Waals surface area (Å²) in [5.41, 5.74) is -0.150. The Kier molecular flexibility index (Phi) is 4.74. The van der Waals surface area contributed by atoms with E-state index in [1.807, 2.05) is 13.8 Å². The van der Waals surface area contributed by atoms with Crippen LogP contribution in [-0.4, -0.2) is 46.8 Å². The first kappa shape index (κ1) is 13.5. The van der Waals surface area contributed by atoms with Gasteiger partial charge in [-0.3, -0.25) is 9.69 Å². The molecule has 1 aliphatic heterocycles. The summed E-state index contributed by atoms with van der Waals surface area (Å²) in [5, 5.41) is 18.0. The highest BCUT2D eigenvalue weighted by atomic mass is 16.4. The lowest BCUT2D eigenvalue weighted by Gasteiger charge is -2.44. The van der Waals surface area contributed by atoms with Crippen LogP contribution in [0.3, 0.4) is 0 Å². The fourth-order valence-electron chi connectivity index (χ4n) is 2.66. The Balaban J connectivity index is 2.62. The van der Waals surface area contributed by atoms with Gasteiger partial charge in [0.05, 0.1) is 0 Å². The smallest absolute Gasteiger partial charge is 0.321 e. The second-order valence-corrected chi connectivity index (χ2v) is 5.30. The molecule has 1 heterocycles. The lowest BCUT2D eigenvalue weighted by Crippen LogP contribution is -2.54. The summed E-state index contributed by atoms with van der Waals surface area (Å²) in [7, 11) is 0. The molecule has 0 bridgehead atoms. The molecule has 0 aromatic heterocycles. The lowest BCUT2D eigenvalue weighted by molar-refractivity contribution is -0.150. The summed E-state index contributed by atoms with van der Waals surface area (Å²) >= 11 is 0. The molecule has 0 radical (unpaired) electrons. The number of aliphatic hydroxyl groups excluding tert-OH is 1. The summed E-state index contributed by atoms with van der Waals surface area (Å²) < 4.78 is 0. The van der Waals surface area contributed by atoms with Crippen molar-refractivity contribution in [2.24, 2.45) is 5.41 Å². The van der Waals surface area contributed by atoms with Crippen LogP contribution in [-0.2, 0) is 4.79 Å². The molecule has 1 aliphatic rings. The molecule has 0 aromatic carbocycles. The van der Waals surface area contributed by atoms with Gasteiger partial charge in [0, 0.05) is 6.61 Å². The van der Waals surface area contributed by atoms with E-state index in [1.54, 1.807) is 0 Å². The van der Waals surface area contributed by atoms with Crippen molar-refractivity contribution in [2.75, 3.05) is 19.7 Å². The summed E-state index contributed by atoms with van der Waals surface area (Å²) in [6.45, 7) is 5.90. The molecule has 1 atom stereocenters. The number of nitrogens with zero attached hydrogens (tertiary/aromatic N) is 1. The average Bonchev–Trinajstić information content (AvgIpc) is 2.16. The first-order valence-corrected chi connectivity index (χ1v) is 6.07. The Labute approximate surface area is 97.3 Å². The zero-order valence-electron chi connectivity index (χ0n) is 10.3. The highest BCUT2D eigenvalue weighted by molar-refractivity contribution is 5.74. The molecule has 0 spiro atoms. The van der Waals surface area contributed by atoms with Crippen LogP contribution in [0.5, 0.6) is 0 Å². The predicted molar refractivity (Wildman–Crippen MR) is 62.3 cm³/mol. The average molecular weight is 229 g/mol. The van der Waals surface area contributed by atoms with Gasteiger partial charge in [0.1, 0.15) is 6.04 Å². The molecule has 0 saturated carbocycles. The van der Waals surface area contributed by atoms with Crippen LogP contribution in [0.15, 0.2) is 0 Å². The standard InChI is InChI=1S/C12H23NO3/c1-12(2)6-5-8-13(7-3-4-9-14)10(12)11(15)16/h10,14H,3-9H2,1-2H3,(H,15,16). The van der Waals surface area contributed by atoms with Gasteiger partial charge < -0.3 is 10.2 Å². The second kappa shape index (κ2) is 5.64. The van der Waals surface area contributed by atoms with Crippen LogP contribution >= 0.6 is 0 Å². The van der Waals surface area contributed by atoms with Crippen molar-refractivity contribution in [1.29, 1.82) is 0 Å². The fourth-order valence-corrected chi connectivity index (χ4v) is 2.66. The van der Waals surface area contributed by atoms with Crippen LogP contribution < -0.4 is 0 Å². The lowest BCUT2D eigenvalue weighted by atomic mass is 9.76. The molecule has 94 valence electrons. The van der Waals surface area contributed by atoms with Crippen molar-refractivity contribution < 1.29 is 15.0 Å². The van der Waals surface area contributed by atoms with Crippen molar-refractivity contribution in [2.45, 2.75) is 45.6 Å². The molecule has 1 fully saturated rings. The van der Waals surface area contributed by atoms with Gasteiger partial charge in [-0.1, -0.05) is 13.8 Å². The maximum Gasteiger partial charge on any atom is 0.321 e. The van der Waals surface area contributed by atoms with E-state index in [2.05, 4.69) is 4.90 Å². The first-order valence-electron chi connectivity index (χ1n) is 6.07. The van der Waals surface area contributed by atoms with Crippen molar-refractivity contribution in [3.63, 3.8) is 0 Å². The number of hydrogen-bond donors (Lipinski definition) is 2. The minimum absolute atomic E-state index is 0.150. The van der Waals surface area contributed by atoms with Crippen molar-refractivity contribution >= 4 is 5.97 Å². The normalized spacial score (nSPS) is 25.6. The van der Waals surface area contributed by atoms with E-state index in [4.69, 9.17) is 5.11 Å². The van der Waals surface area contributed by atoms with E-state index >= 15 is 0 Å². The van der Waals surface area contributed by atoms with Gasteiger partial charge in [0.2, 0.25) is 0 Å². The SMILES string of the molecule is CC1(C)CCCN(CCCCO)C1C(=O)O. The van der Waals surface area contributed by atoms with Crippen LogP contribution in [0, 0.1) is 5.41 Å². The number of carbonyl (C=O) groups is 1. The number of unbranched alkanes of at least 4 members (excludes halogenated alkanes) is 1. The van der Waals surface area contributed by atoms with E-state index in [9.17, 15) is 9.90 Å². The highest BCUT2D eigenvalue weighted by Crippen LogP contribution is 2.35. The van der Waals surface area contributed by atoms with Gasteiger partial charge in [-0.05, 0) is 44.2 Å². The van der Waals surface area contributed by atoms with Gasteiger partial charge in [-0.2, -0.15) is 0 Å². The molecule has 4 nitrogen and oxygen atoms in total. The molecule has 16 heavy (non-hydrogen) atoms. The molecule has 1 saturated heterocycles. The zero-order chi connectivity index (χ0) is 12.2. The number of aliphatic carboxylic acids is 1. The number of carboxylic acids is 1. The monoisotopic (exact) mass is 229 g/mol. The number of aliphatic hydroxyl groups is 1. The first-order chi connectivity index (χ1) is 7.49. The third kappa shape index (κ3) is 3.19. The molecular weight excluding hydrogens is 206 g/mol. The molecule has 4 heteroatoms. The number of rotatable bonds is 5.